The number of guanidine groups is 1. The molecule has 110 valence electrons. The fourth-order valence-electron chi connectivity index (χ4n) is 3.36. The van der Waals surface area contributed by atoms with Crippen LogP contribution in [-0.2, 0) is 0 Å². The molecule has 1 N–H and O–H groups in total. The fraction of sp³-hybridized carbons (Fsp3) is 0.929. The van der Waals surface area contributed by atoms with Crippen molar-refractivity contribution in [3.05, 3.63) is 0 Å². The van der Waals surface area contributed by atoms with E-state index in [-0.39, 0.29) is 24.0 Å². The summed E-state index contributed by atoms with van der Waals surface area (Å²) in [5.41, 5.74) is 0. The Morgan fingerprint density at radius 2 is 2.21 bits per heavy atom. The maximum absolute atomic E-state index is 4.73. The van der Waals surface area contributed by atoms with Crippen molar-refractivity contribution in [1.29, 1.82) is 0 Å². The number of aliphatic imine (C=N–C) groups is 1. The third-order valence-corrected chi connectivity index (χ3v) is 6.35. The quantitative estimate of drug-likeness (QED) is 0.745. The zero-order valence-electron chi connectivity index (χ0n) is 12.0. The SMILES string of the molecule is CSC1(CNC2=NCC3CCC(C)CN23)CCC1.I. The van der Waals surface area contributed by atoms with Gasteiger partial charge in [-0.1, -0.05) is 13.3 Å². The van der Waals surface area contributed by atoms with Crippen molar-refractivity contribution in [3.8, 4) is 0 Å². The Bertz CT molecular complexity index is 338. The molecule has 0 aromatic carbocycles. The topological polar surface area (TPSA) is 27.6 Å². The average molecular weight is 395 g/mol. The number of nitrogens with one attached hydrogen (secondary N) is 1. The lowest BCUT2D eigenvalue weighted by Crippen LogP contribution is -2.52. The minimum Gasteiger partial charge on any atom is -0.355 e. The lowest BCUT2D eigenvalue weighted by atomic mass is 9.84. The molecule has 2 atom stereocenters. The highest BCUT2D eigenvalue weighted by Crippen LogP contribution is 2.42. The van der Waals surface area contributed by atoms with Crippen molar-refractivity contribution < 1.29 is 0 Å². The first-order valence-electron chi connectivity index (χ1n) is 7.32. The average Bonchev–Trinajstić information content (AvgIpc) is 2.71. The lowest BCUT2D eigenvalue weighted by Gasteiger charge is -2.42. The maximum Gasteiger partial charge on any atom is 0.194 e. The minimum atomic E-state index is 0. The predicted molar refractivity (Wildman–Crippen MR) is 94.7 cm³/mol. The summed E-state index contributed by atoms with van der Waals surface area (Å²) < 4.78 is 0.502. The molecule has 2 fully saturated rings. The van der Waals surface area contributed by atoms with Crippen molar-refractivity contribution in [1.82, 2.24) is 10.2 Å². The fourth-order valence-corrected chi connectivity index (χ4v) is 4.28. The number of hydrogen-bond acceptors (Lipinski definition) is 4. The number of piperidine rings is 1. The summed E-state index contributed by atoms with van der Waals surface area (Å²) in [4.78, 5) is 7.26. The van der Waals surface area contributed by atoms with Gasteiger partial charge in [0.2, 0.25) is 0 Å². The van der Waals surface area contributed by atoms with Gasteiger partial charge in [-0.2, -0.15) is 11.8 Å². The molecule has 0 aromatic heterocycles. The molecule has 0 amide bonds. The third kappa shape index (κ3) is 3.17. The van der Waals surface area contributed by atoms with Crippen LogP contribution in [0.25, 0.3) is 0 Å². The summed E-state index contributed by atoms with van der Waals surface area (Å²) in [7, 11) is 0. The monoisotopic (exact) mass is 395 g/mol. The van der Waals surface area contributed by atoms with Crippen molar-refractivity contribution >= 4 is 41.7 Å². The van der Waals surface area contributed by atoms with Crippen LogP contribution in [0.15, 0.2) is 4.99 Å². The van der Waals surface area contributed by atoms with Crippen molar-refractivity contribution in [3.63, 3.8) is 0 Å². The van der Waals surface area contributed by atoms with Crippen LogP contribution < -0.4 is 5.32 Å². The standard InChI is InChI=1S/C14H25N3S.HI/c1-11-4-5-12-8-15-13(17(12)9-11)16-10-14(18-2)6-3-7-14;/h11-12H,3-10H2,1-2H3,(H,15,16);1H. The summed E-state index contributed by atoms with van der Waals surface area (Å²) in [6.45, 7) is 5.68. The van der Waals surface area contributed by atoms with Gasteiger partial charge in [-0.05, 0) is 37.9 Å². The van der Waals surface area contributed by atoms with E-state index >= 15 is 0 Å². The smallest absolute Gasteiger partial charge is 0.194 e. The van der Waals surface area contributed by atoms with Gasteiger partial charge in [0.1, 0.15) is 0 Å². The summed E-state index contributed by atoms with van der Waals surface area (Å²) >= 11 is 2.04. The second kappa shape index (κ2) is 6.41. The molecule has 1 saturated carbocycles. The van der Waals surface area contributed by atoms with Crippen molar-refractivity contribution in [2.24, 2.45) is 10.9 Å². The number of nitrogens with zero attached hydrogens (tertiary/aromatic N) is 2. The molecule has 19 heavy (non-hydrogen) atoms. The second-order valence-electron chi connectivity index (χ2n) is 6.25. The first-order chi connectivity index (χ1) is 8.72. The highest BCUT2D eigenvalue weighted by Gasteiger charge is 2.38. The zero-order valence-corrected chi connectivity index (χ0v) is 15.2. The van der Waals surface area contributed by atoms with Gasteiger partial charge in [0, 0.05) is 17.8 Å². The van der Waals surface area contributed by atoms with Gasteiger partial charge in [0.25, 0.3) is 0 Å². The van der Waals surface area contributed by atoms with Gasteiger partial charge >= 0.3 is 0 Å². The largest absolute Gasteiger partial charge is 0.355 e. The normalized spacial score (nSPS) is 31.9. The van der Waals surface area contributed by atoms with Gasteiger partial charge in [-0.25, -0.2) is 0 Å². The van der Waals surface area contributed by atoms with E-state index in [1.807, 2.05) is 11.8 Å². The van der Waals surface area contributed by atoms with E-state index in [2.05, 4.69) is 23.4 Å². The van der Waals surface area contributed by atoms with Gasteiger partial charge < -0.3 is 10.2 Å². The maximum atomic E-state index is 4.73. The molecule has 0 bridgehead atoms. The lowest BCUT2D eigenvalue weighted by molar-refractivity contribution is 0.209. The van der Waals surface area contributed by atoms with Crippen molar-refractivity contribution in [2.45, 2.75) is 49.8 Å². The van der Waals surface area contributed by atoms with E-state index in [9.17, 15) is 0 Å². The summed E-state index contributed by atoms with van der Waals surface area (Å²) in [6, 6.07) is 0.690. The molecule has 3 nitrogen and oxygen atoms in total. The molecule has 0 radical (unpaired) electrons. The second-order valence-corrected chi connectivity index (χ2v) is 7.52. The Hall–Kier alpha value is 0.350. The number of rotatable bonds is 3. The molecule has 2 unspecified atom stereocenters. The van der Waals surface area contributed by atoms with Crippen LogP contribution in [0.3, 0.4) is 0 Å². The Balaban J connectivity index is 0.00000133. The van der Waals surface area contributed by atoms with Crippen LogP contribution in [0.4, 0.5) is 0 Å². The molecule has 1 saturated heterocycles. The molecule has 2 heterocycles. The Morgan fingerprint density at radius 1 is 1.42 bits per heavy atom. The Kier molecular flexibility index (Phi) is 5.31. The molecule has 1 aliphatic carbocycles. The van der Waals surface area contributed by atoms with E-state index in [1.54, 1.807) is 0 Å². The van der Waals surface area contributed by atoms with E-state index in [0.29, 0.717) is 10.8 Å². The molecular weight excluding hydrogens is 369 g/mol. The first kappa shape index (κ1) is 15.7. The van der Waals surface area contributed by atoms with Gasteiger partial charge in [0.05, 0.1) is 12.6 Å². The third-order valence-electron chi connectivity index (χ3n) is 4.93. The number of fused-ring (bicyclic) bond motifs is 1. The van der Waals surface area contributed by atoms with E-state index in [4.69, 9.17) is 4.99 Å². The molecule has 5 heteroatoms. The minimum absolute atomic E-state index is 0. The van der Waals surface area contributed by atoms with Crippen molar-refractivity contribution in [2.75, 3.05) is 25.9 Å². The molecule has 0 spiro atoms. The van der Waals surface area contributed by atoms with Gasteiger partial charge in [-0.15, -0.1) is 24.0 Å². The molecular formula is C14H26IN3S. The zero-order chi connectivity index (χ0) is 12.6. The highest BCUT2D eigenvalue weighted by molar-refractivity contribution is 14.0. The first-order valence-corrected chi connectivity index (χ1v) is 8.55. The Labute approximate surface area is 138 Å². The van der Waals surface area contributed by atoms with E-state index in [1.165, 1.54) is 44.6 Å². The number of hydrogen-bond donors (Lipinski definition) is 1. The Morgan fingerprint density at radius 3 is 2.84 bits per heavy atom. The highest BCUT2D eigenvalue weighted by atomic mass is 127. The van der Waals surface area contributed by atoms with Gasteiger partial charge in [-0.3, -0.25) is 4.99 Å². The van der Waals surface area contributed by atoms with Crippen LogP contribution in [0.1, 0.15) is 39.0 Å². The molecule has 2 aliphatic heterocycles. The summed E-state index contributed by atoms with van der Waals surface area (Å²) in [6.07, 6.45) is 9.09. The molecule has 3 aliphatic rings. The van der Waals surface area contributed by atoms with Crippen LogP contribution >= 0.6 is 35.7 Å². The molecule has 0 aromatic rings. The van der Waals surface area contributed by atoms with Gasteiger partial charge in [0.15, 0.2) is 5.96 Å². The van der Waals surface area contributed by atoms with Crippen LogP contribution in [-0.4, -0.2) is 47.5 Å². The number of halogens is 1. The van der Waals surface area contributed by atoms with Crippen LogP contribution in [0, 0.1) is 5.92 Å². The van der Waals surface area contributed by atoms with Crippen LogP contribution in [0.2, 0.25) is 0 Å². The number of thioether (sulfide) groups is 1. The molecule has 3 rings (SSSR count). The van der Waals surface area contributed by atoms with E-state index < -0.39 is 0 Å². The summed E-state index contributed by atoms with van der Waals surface area (Å²) in [5, 5.41) is 3.65. The van der Waals surface area contributed by atoms with Crippen LogP contribution in [0.5, 0.6) is 0 Å². The van der Waals surface area contributed by atoms with E-state index in [0.717, 1.165) is 19.0 Å². The summed E-state index contributed by atoms with van der Waals surface area (Å²) in [5.74, 6) is 2.01. The predicted octanol–water partition coefficient (Wildman–Crippen LogP) is 2.95.